The van der Waals surface area contributed by atoms with Crippen molar-refractivity contribution in [1.82, 2.24) is 0 Å². The third kappa shape index (κ3) is 3.28. The average molecular weight is 341 g/mol. The zero-order valence-corrected chi connectivity index (χ0v) is 12.4. The molecule has 2 aromatic carbocycles. The number of carbonyl (C=O) groups excluding carboxylic acids is 1. The summed E-state index contributed by atoms with van der Waals surface area (Å²) >= 11 is 9.00. The van der Waals surface area contributed by atoms with Crippen LogP contribution in [0.25, 0.3) is 0 Å². The molecule has 0 heterocycles. The summed E-state index contributed by atoms with van der Waals surface area (Å²) in [7, 11) is 0. The third-order valence-electron chi connectivity index (χ3n) is 2.62. The first kappa shape index (κ1) is 13.9. The maximum atomic E-state index is 12.0. The van der Waals surface area contributed by atoms with E-state index in [1.54, 1.807) is 43.3 Å². The van der Waals surface area contributed by atoms with E-state index in [2.05, 4.69) is 21.2 Å². The Morgan fingerprint density at radius 1 is 1.26 bits per heavy atom. The second kappa shape index (κ2) is 5.63. The molecule has 0 aliphatic carbocycles. The van der Waals surface area contributed by atoms with Gasteiger partial charge in [-0.25, -0.2) is 0 Å². The molecule has 0 aromatic heterocycles. The molecule has 0 saturated heterocycles. The van der Waals surface area contributed by atoms with Crippen molar-refractivity contribution in [3.8, 4) is 5.75 Å². The average Bonchev–Trinajstić information content (AvgIpc) is 2.36. The van der Waals surface area contributed by atoms with Gasteiger partial charge in [0.2, 0.25) is 0 Å². The van der Waals surface area contributed by atoms with Crippen molar-refractivity contribution in [3.63, 3.8) is 0 Å². The van der Waals surface area contributed by atoms with Gasteiger partial charge in [0.25, 0.3) is 5.91 Å². The van der Waals surface area contributed by atoms with Gasteiger partial charge in [-0.3, -0.25) is 4.79 Å². The molecule has 98 valence electrons. The highest BCUT2D eigenvalue weighted by Crippen LogP contribution is 2.31. The maximum absolute atomic E-state index is 12.0. The number of hydrogen-bond donors (Lipinski definition) is 2. The fraction of sp³-hybridized carbons (Fsp3) is 0.0714. The molecule has 5 heteroatoms. The van der Waals surface area contributed by atoms with E-state index in [4.69, 9.17) is 11.6 Å². The van der Waals surface area contributed by atoms with Crippen molar-refractivity contribution in [2.45, 2.75) is 6.92 Å². The molecule has 3 nitrogen and oxygen atoms in total. The second-order valence-electron chi connectivity index (χ2n) is 4.08. The number of halogens is 2. The number of phenols is 1. The number of benzene rings is 2. The highest BCUT2D eigenvalue weighted by Gasteiger charge is 2.09. The van der Waals surface area contributed by atoms with Gasteiger partial charge in [0, 0.05) is 16.3 Å². The summed E-state index contributed by atoms with van der Waals surface area (Å²) in [5.41, 5.74) is 1.81. The minimum absolute atomic E-state index is 0.171. The molecule has 0 radical (unpaired) electrons. The Morgan fingerprint density at radius 3 is 2.47 bits per heavy atom. The minimum Gasteiger partial charge on any atom is -0.506 e. The van der Waals surface area contributed by atoms with Crippen molar-refractivity contribution in [2.24, 2.45) is 0 Å². The summed E-state index contributed by atoms with van der Waals surface area (Å²) < 4.78 is 0.541. The van der Waals surface area contributed by atoms with Crippen LogP contribution in [-0.2, 0) is 0 Å². The number of aryl methyl sites for hydroxylation is 1. The Morgan fingerprint density at radius 2 is 1.89 bits per heavy atom. The highest BCUT2D eigenvalue weighted by molar-refractivity contribution is 9.10. The predicted molar refractivity (Wildman–Crippen MR) is 79.9 cm³/mol. The number of amides is 1. The van der Waals surface area contributed by atoms with E-state index in [1.165, 1.54) is 0 Å². The third-order valence-corrected chi connectivity index (χ3v) is 3.47. The molecule has 0 atom stereocenters. The molecular weight excluding hydrogens is 330 g/mol. The molecule has 0 bridgehead atoms. The molecule has 2 rings (SSSR count). The summed E-state index contributed by atoms with van der Waals surface area (Å²) in [4.78, 5) is 12.0. The normalized spacial score (nSPS) is 10.3. The van der Waals surface area contributed by atoms with Crippen LogP contribution in [0.2, 0.25) is 5.02 Å². The van der Waals surface area contributed by atoms with E-state index in [1.807, 2.05) is 0 Å². The monoisotopic (exact) mass is 339 g/mol. The molecule has 0 aliphatic heterocycles. The fourth-order valence-corrected chi connectivity index (χ4v) is 2.30. The van der Waals surface area contributed by atoms with Gasteiger partial charge in [-0.2, -0.15) is 0 Å². The number of aromatic hydroxyl groups is 1. The van der Waals surface area contributed by atoms with Crippen molar-refractivity contribution in [3.05, 3.63) is 57.0 Å². The zero-order chi connectivity index (χ0) is 14.0. The van der Waals surface area contributed by atoms with Crippen molar-refractivity contribution in [2.75, 3.05) is 5.32 Å². The Kier molecular flexibility index (Phi) is 4.12. The van der Waals surface area contributed by atoms with Crippen LogP contribution in [0.4, 0.5) is 5.69 Å². The summed E-state index contributed by atoms with van der Waals surface area (Å²) in [5, 5.41) is 13.0. The van der Waals surface area contributed by atoms with Gasteiger partial charge in [-0.05, 0) is 64.8 Å². The fourth-order valence-electron chi connectivity index (χ4n) is 1.61. The van der Waals surface area contributed by atoms with E-state index < -0.39 is 0 Å². The van der Waals surface area contributed by atoms with E-state index in [0.717, 1.165) is 0 Å². The smallest absolute Gasteiger partial charge is 0.255 e. The number of nitrogens with one attached hydrogen (secondary N) is 1. The number of phenolic OH excluding ortho intramolecular Hbond substituents is 1. The molecule has 0 fully saturated rings. The Balaban J connectivity index is 2.22. The topological polar surface area (TPSA) is 49.3 Å². The van der Waals surface area contributed by atoms with E-state index >= 15 is 0 Å². The molecule has 2 N–H and O–H groups in total. The van der Waals surface area contributed by atoms with Gasteiger partial charge < -0.3 is 10.4 Å². The van der Waals surface area contributed by atoms with Crippen LogP contribution in [0.5, 0.6) is 5.75 Å². The first-order valence-corrected chi connectivity index (χ1v) is 6.70. The van der Waals surface area contributed by atoms with E-state index in [-0.39, 0.29) is 11.7 Å². The standard InChI is InChI=1S/C14H11BrClNO2/c1-8-6-11(7-12(15)13(8)18)17-14(19)9-2-4-10(16)5-3-9/h2-7,18H,1H3,(H,17,19). The van der Waals surface area contributed by atoms with Crippen LogP contribution < -0.4 is 5.32 Å². The quantitative estimate of drug-likeness (QED) is 0.798. The van der Waals surface area contributed by atoms with Gasteiger partial charge in [-0.15, -0.1) is 0 Å². The molecule has 0 saturated carbocycles. The van der Waals surface area contributed by atoms with Crippen LogP contribution in [0.15, 0.2) is 40.9 Å². The van der Waals surface area contributed by atoms with Crippen LogP contribution in [-0.4, -0.2) is 11.0 Å². The predicted octanol–water partition coefficient (Wildman–Crippen LogP) is 4.37. The molecule has 1 amide bonds. The molecule has 19 heavy (non-hydrogen) atoms. The Hall–Kier alpha value is -1.52. The molecular formula is C14H11BrClNO2. The van der Waals surface area contributed by atoms with Crippen LogP contribution in [0.1, 0.15) is 15.9 Å². The minimum atomic E-state index is -0.228. The van der Waals surface area contributed by atoms with Gasteiger partial charge in [0.15, 0.2) is 0 Å². The van der Waals surface area contributed by atoms with Gasteiger partial charge in [0.1, 0.15) is 5.75 Å². The number of rotatable bonds is 2. The van der Waals surface area contributed by atoms with Crippen molar-refractivity contribution >= 4 is 39.1 Å². The summed E-state index contributed by atoms with van der Waals surface area (Å²) in [5.74, 6) is -0.0573. The maximum Gasteiger partial charge on any atom is 0.255 e. The van der Waals surface area contributed by atoms with Crippen LogP contribution in [0.3, 0.4) is 0 Å². The number of anilines is 1. The number of carbonyl (C=O) groups is 1. The lowest BCUT2D eigenvalue weighted by atomic mass is 10.1. The largest absolute Gasteiger partial charge is 0.506 e. The van der Waals surface area contributed by atoms with Crippen molar-refractivity contribution < 1.29 is 9.90 Å². The summed E-state index contributed by atoms with van der Waals surface area (Å²) in [6.07, 6.45) is 0. The molecule has 0 unspecified atom stereocenters. The molecule has 2 aromatic rings. The van der Waals surface area contributed by atoms with Gasteiger partial charge >= 0.3 is 0 Å². The SMILES string of the molecule is Cc1cc(NC(=O)c2ccc(Cl)cc2)cc(Br)c1O. The molecule has 0 spiro atoms. The molecule has 0 aliphatic rings. The van der Waals surface area contributed by atoms with E-state index in [9.17, 15) is 9.90 Å². The lowest BCUT2D eigenvalue weighted by Gasteiger charge is -2.09. The Labute approximate surface area is 124 Å². The lowest BCUT2D eigenvalue weighted by molar-refractivity contribution is 0.102. The first-order valence-electron chi connectivity index (χ1n) is 5.53. The van der Waals surface area contributed by atoms with Gasteiger partial charge in [-0.1, -0.05) is 11.6 Å². The van der Waals surface area contributed by atoms with Gasteiger partial charge in [0.05, 0.1) is 4.47 Å². The number of hydrogen-bond acceptors (Lipinski definition) is 2. The van der Waals surface area contributed by atoms with Crippen molar-refractivity contribution in [1.29, 1.82) is 0 Å². The zero-order valence-electron chi connectivity index (χ0n) is 10.1. The summed E-state index contributed by atoms with van der Waals surface area (Å²) in [6.45, 7) is 1.76. The Bertz CT molecular complexity index is 603. The van der Waals surface area contributed by atoms with Crippen LogP contribution in [0, 0.1) is 6.92 Å². The van der Waals surface area contributed by atoms with Crippen LogP contribution >= 0.6 is 27.5 Å². The first-order chi connectivity index (χ1) is 8.97. The highest BCUT2D eigenvalue weighted by atomic mass is 79.9. The van der Waals surface area contributed by atoms with E-state index in [0.29, 0.717) is 26.3 Å². The summed E-state index contributed by atoms with van der Waals surface area (Å²) in [6, 6.07) is 9.98. The second-order valence-corrected chi connectivity index (χ2v) is 5.38. The lowest BCUT2D eigenvalue weighted by Crippen LogP contribution is -2.11.